The van der Waals surface area contributed by atoms with Crippen LogP contribution in [-0.4, -0.2) is 22.5 Å². The summed E-state index contributed by atoms with van der Waals surface area (Å²) >= 11 is 0. The maximum atomic E-state index is 11.1. The maximum Gasteiger partial charge on any atom is 0.342 e. The molecular formula is C15H12N2O4. The van der Waals surface area contributed by atoms with Gasteiger partial charge >= 0.3 is 5.97 Å². The van der Waals surface area contributed by atoms with Gasteiger partial charge in [-0.2, -0.15) is 0 Å². The van der Waals surface area contributed by atoms with Crippen molar-refractivity contribution in [1.82, 2.24) is 0 Å². The summed E-state index contributed by atoms with van der Waals surface area (Å²) in [5.74, 6) is -1.30. The third kappa shape index (κ3) is 2.20. The zero-order valence-corrected chi connectivity index (χ0v) is 11.0. The zero-order chi connectivity index (χ0) is 15.0. The molecule has 2 aromatic rings. The van der Waals surface area contributed by atoms with Crippen molar-refractivity contribution < 1.29 is 14.8 Å². The van der Waals surface area contributed by atoms with Crippen LogP contribution in [0.1, 0.15) is 15.9 Å². The van der Waals surface area contributed by atoms with E-state index >= 15 is 0 Å². The Kier molecular flexibility index (Phi) is 3.06. The van der Waals surface area contributed by atoms with Crippen LogP contribution in [0.3, 0.4) is 0 Å². The van der Waals surface area contributed by atoms with Crippen LogP contribution in [0, 0.1) is 10.1 Å². The van der Waals surface area contributed by atoms with Crippen molar-refractivity contribution in [3.8, 4) is 0 Å². The van der Waals surface area contributed by atoms with Crippen molar-refractivity contribution in [3.63, 3.8) is 0 Å². The largest absolute Gasteiger partial charge is 0.477 e. The van der Waals surface area contributed by atoms with E-state index in [0.29, 0.717) is 5.69 Å². The molecule has 0 spiro atoms. The lowest BCUT2D eigenvalue weighted by molar-refractivity contribution is -0.385. The van der Waals surface area contributed by atoms with Gasteiger partial charge in [0.1, 0.15) is 5.56 Å². The van der Waals surface area contributed by atoms with Gasteiger partial charge < -0.3 is 10.0 Å². The third-order valence-electron chi connectivity index (χ3n) is 3.61. The number of benzene rings is 2. The predicted molar refractivity (Wildman–Crippen MR) is 77.2 cm³/mol. The van der Waals surface area contributed by atoms with Crippen molar-refractivity contribution >= 4 is 23.0 Å². The molecule has 1 aliphatic rings. The number of fused-ring (bicyclic) bond motifs is 1. The van der Waals surface area contributed by atoms with E-state index in [1.807, 2.05) is 29.2 Å². The summed E-state index contributed by atoms with van der Waals surface area (Å²) in [4.78, 5) is 23.4. The van der Waals surface area contributed by atoms with Gasteiger partial charge in [-0.05, 0) is 30.2 Å². The SMILES string of the molecule is O=C(O)c1ccc(N2CCc3ccccc32)cc1[N+](=O)[O-]. The van der Waals surface area contributed by atoms with Crippen LogP contribution < -0.4 is 4.90 Å². The minimum atomic E-state index is -1.30. The van der Waals surface area contributed by atoms with Gasteiger partial charge in [0.15, 0.2) is 0 Å². The number of nitro benzene ring substituents is 1. The van der Waals surface area contributed by atoms with E-state index in [9.17, 15) is 14.9 Å². The molecule has 0 saturated carbocycles. The summed E-state index contributed by atoms with van der Waals surface area (Å²) in [5.41, 5.74) is 2.15. The van der Waals surface area contributed by atoms with E-state index in [-0.39, 0.29) is 11.3 Å². The molecule has 0 radical (unpaired) electrons. The van der Waals surface area contributed by atoms with Crippen LogP contribution in [0.2, 0.25) is 0 Å². The summed E-state index contributed by atoms with van der Waals surface area (Å²) < 4.78 is 0. The van der Waals surface area contributed by atoms with Crippen molar-refractivity contribution in [2.24, 2.45) is 0 Å². The molecular weight excluding hydrogens is 272 g/mol. The fraction of sp³-hybridized carbons (Fsp3) is 0.133. The highest BCUT2D eigenvalue weighted by atomic mass is 16.6. The average molecular weight is 284 g/mol. The molecule has 0 bridgehead atoms. The Hall–Kier alpha value is -2.89. The maximum absolute atomic E-state index is 11.1. The van der Waals surface area contributed by atoms with Crippen LogP contribution in [0.4, 0.5) is 17.1 Å². The van der Waals surface area contributed by atoms with Crippen molar-refractivity contribution in [1.29, 1.82) is 0 Å². The molecule has 6 nitrogen and oxygen atoms in total. The Morgan fingerprint density at radius 3 is 2.71 bits per heavy atom. The second kappa shape index (κ2) is 4.90. The average Bonchev–Trinajstić information content (AvgIpc) is 2.90. The highest BCUT2D eigenvalue weighted by Crippen LogP contribution is 2.36. The van der Waals surface area contributed by atoms with Crippen molar-refractivity contribution in [2.45, 2.75) is 6.42 Å². The number of aromatic carboxylic acids is 1. The molecule has 0 atom stereocenters. The van der Waals surface area contributed by atoms with Gasteiger partial charge in [-0.3, -0.25) is 10.1 Å². The number of hydrogen-bond donors (Lipinski definition) is 1. The molecule has 6 heteroatoms. The lowest BCUT2D eigenvalue weighted by atomic mass is 10.1. The second-order valence-corrected chi connectivity index (χ2v) is 4.79. The molecule has 106 valence electrons. The van der Waals surface area contributed by atoms with Crippen LogP contribution in [0.5, 0.6) is 0 Å². The van der Waals surface area contributed by atoms with E-state index in [0.717, 1.165) is 18.7 Å². The van der Waals surface area contributed by atoms with Gasteiger partial charge in [0.05, 0.1) is 4.92 Å². The molecule has 1 aliphatic heterocycles. The van der Waals surface area contributed by atoms with Gasteiger partial charge in [-0.25, -0.2) is 4.79 Å². The summed E-state index contributed by atoms with van der Waals surface area (Å²) in [6, 6.07) is 12.1. The number of rotatable bonds is 3. The van der Waals surface area contributed by atoms with Gasteiger partial charge in [0, 0.05) is 24.0 Å². The normalized spacial score (nSPS) is 13.0. The molecule has 2 aromatic carbocycles. The van der Waals surface area contributed by atoms with E-state index in [1.165, 1.54) is 17.7 Å². The molecule has 0 amide bonds. The molecule has 21 heavy (non-hydrogen) atoms. The fourth-order valence-electron chi connectivity index (χ4n) is 2.63. The van der Waals surface area contributed by atoms with E-state index in [4.69, 9.17) is 5.11 Å². The van der Waals surface area contributed by atoms with Gasteiger partial charge in [-0.1, -0.05) is 18.2 Å². The Labute approximate surface area is 120 Å². The Balaban J connectivity index is 2.07. The first-order valence-corrected chi connectivity index (χ1v) is 6.45. The van der Waals surface area contributed by atoms with Crippen LogP contribution in [0.15, 0.2) is 42.5 Å². The Bertz CT molecular complexity index is 742. The smallest absolute Gasteiger partial charge is 0.342 e. The quantitative estimate of drug-likeness (QED) is 0.692. The summed E-state index contributed by atoms with van der Waals surface area (Å²) in [6.45, 7) is 0.725. The minimum Gasteiger partial charge on any atom is -0.477 e. The lowest BCUT2D eigenvalue weighted by Crippen LogP contribution is -2.14. The van der Waals surface area contributed by atoms with E-state index < -0.39 is 10.9 Å². The van der Waals surface area contributed by atoms with E-state index in [2.05, 4.69) is 0 Å². The second-order valence-electron chi connectivity index (χ2n) is 4.79. The highest BCUT2D eigenvalue weighted by molar-refractivity contribution is 5.93. The molecule has 1 heterocycles. The Morgan fingerprint density at radius 2 is 2.00 bits per heavy atom. The molecule has 0 fully saturated rings. The minimum absolute atomic E-state index is 0.295. The topological polar surface area (TPSA) is 83.7 Å². The van der Waals surface area contributed by atoms with Crippen LogP contribution >= 0.6 is 0 Å². The van der Waals surface area contributed by atoms with E-state index in [1.54, 1.807) is 6.07 Å². The fourth-order valence-corrected chi connectivity index (χ4v) is 2.63. The molecule has 0 aliphatic carbocycles. The number of carboxylic acid groups (broad SMARTS) is 1. The zero-order valence-electron chi connectivity index (χ0n) is 11.0. The van der Waals surface area contributed by atoms with Crippen molar-refractivity contribution in [2.75, 3.05) is 11.4 Å². The molecule has 1 N–H and O–H groups in total. The Morgan fingerprint density at radius 1 is 1.24 bits per heavy atom. The van der Waals surface area contributed by atoms with Crippen LogP contribution in [0.25, 0.3) is 0 Å². The molecule has 0 aromatic heterocycles. The summed E-state index contributed by atoms with van der Waals surface area (Å²) in [5, 5.41) is 20.1. The first-order valence-electron chi connectivity index (χ1n) is 6.45. The summed E-state index contributed by atoms with van der Waals surface area (Å²) in [6.07, 6.45) is 0.866. The molecule has 3 rings (SSSR count). The number of carboxylic acids is 1. The predicted octanol–water partition coefficient (Wildman–Crippen LogP) is 2.99. The van der Waals surface area contributed by atoms with Gasteiger partial charge in [0.25, 0.3) is 5.69 Å². The molecule has 0 unspecified atom stereocenters. The standard InChI is InChI=1S/C15H12N2O4/c18-15(19)12-6-5-11(9-14(12)17(20)21)16-8-7-10-3-1-2-4-13(10)16/h1-6,9H,7-8H2,(H,18,19). The lowest BCUT2D eigenvalue weighted by Gasteiger charge is -2.19. The monoisotopic (exact) mass is 284 g/mol. The highest BCUT2D eigenvalue weighted by Gasteiger charge is 2.25. The number of para-hydroxylation sites is 1. The van der Waals surface area contributed by atoms with Crippen molar-refractivity contribution in [3.05, 3.63) is 63.7 Å². The summed E-state index contributed by atoms with van der Waals surface area (Å²) in [7, 11) is 0. The number of carbonyl (C=O) groups is 1. The number of hydrogen-bond acceptors (Lipinski definition) is 4. The van der Waals surface area contributed by atoms with Gasteiger partial charge in [-0.15, -0.1) is 0 Å². The first kappa shape index (κ1) is 13.1. The first-order chi connectivity index (χ1) is 10.1. The number of nitro groups is 1. The van der Waals surface area contributed by atoms with Crippen LogP contribution in [-0.2, 0) is 6.42 Å². The number of anilines is 2. The number of nitrogens with zero attached hydrogens (tertiary/aromatic N) is 2. The molecule has 0 saturated heterocycles. The van der Waals surface area contributed by atoms with Gasteiger partial charge in [0.2, 0.25) is 0 Å². The third-order valence-corrected chi connectivity index (χ3v) is 3.61.